The van der Waals surface area contributed by atoms with E-state index in [1.165, 1.54) is 31.4 Å². The summed E-state index contributed by atoms with van der Waals surface area (Å²) in [6.45, 7) is 5.44. The molecule has 0 bridgehead atoms. The molecule has 2 rings (SSSR count). The molecule has 3 N–H and O–H groups in total. The number of hydrogen-bond acceptors (Lipinski definition) is 4. The van der Waals surface area contributed by atoms with E-state index in [0.717, 1.165) is 29.1 Å². The lowest BCUT2D eigenvalue weighted by molar-refractivity contribution is 0.187. The summed E-state index contributed by atoms with van der Waals surface area (Å²) in [6.07, 6.45) is 4.34. The van der Waals surface area contributed by atoms with Gasteiger partial charge < -0.3 is 20.5 Å². The van der Waals surface area contributed by atoms with Gasteiger partial charge in [0.2, 0.25) is 0 Å². The van der Waals surface area contributed by atoms with Crippen LogP contribution >= 0.6 is 11.8 Å². The number of hydrogen-bond donors (Lipinski definition) is 3. The van der Waals surface area contributed by atoms with Crippen molar-refractivity contribution >= 4 is 17.7 Å². The van der Waals surface area contributed by atoms with Crippen molar-refractivity contribution in [3.8, 4) is 5.75 Å². The summed E-state index contributed by atoms with van der Waals surface area (Å²) in [5, 5.41) is 18.0. The Morgan fingerprint density at radius 1 is 1.31 bits per heavy atom. The highest BCUT2D eigenvalue weighted by molar-refractivity contribution is 7.99. The van der Waals surface area contributed by atoms with Crippen LogP contribution in [0.5, 0.6) is 5.75 Å². The van der Waals surface area contributed by atoms with Gasteiger partial charge in [0, 0.05) is 17.8 Å². The van der Waals surface area contributed by atoms with Crippen LogP contribution in [0, 0.1) is 0 Å². The van der Waals surface area contributed by atoms with E-state index in [1.807, 2.05) is 24.3 Å². The van der Waals surface area contributed by atoms with Gasteiger partial charge in [0.15, 0.2) is 5.96 Å². The van der Waals surface area contributed by atoms with Gasteiger partial charge in [0.25, 0.3) is 0 Å². The van der Waals surface area contributed by atoms with E-state index in [4.69, 9.17) is 4.74 Å². The van der Waals surface area contributed by atoms with Crippen molar-refractivity contribution in [1.29, 1.82) is 0 Å². The minimum Gasteiger partial charge on any atom is -0.497 e. The van der Waals surface area contributed by atoms with E-state index in [1.54, 1.807) is 7.11 Å². The van der Waals surface area contributed by atoms with Gasteiger partial charge in [-0.05, 0) is 49.6 Å². The van der Waals surface area contributed by atoms with Gasteiger partial charge >= 0.3 is 0 Å². The minimum absolute atomic E-state index is 0.335. The maximum Gasteiger partial charge on any atom is 0.191 e. The molecule has 146 valence electrons. The van der Waals surface area contributed by atoms with Crippen molar-refractivity contribution in [2.75, 3.05) is 26.0 Å². The zero-order valence-electron chi connectivity index (χ0n) is 16.2. The first-order valence-electron chi connectivity index (χ1n) is 9.64. The fourth-order valence-electron chi connectivity index (χ4n) is 3.29. The van der Waals surface area contributed by atoms with Crippen molar-refractivity contribution in [2.24, 2.45) is 4.99 Å². The first-order chi connectivity index (χ1) is 12.7. The van der Waals surface area contributed by atoms with E-state index < -0.39 is 6.10 Å². The Morgan fingerprint density at radius 3 is 2.73 bits per heavy atom. The Hall–Kier alpha value is -1.40. The lowest BCUT2D eigenvalue weighted by Gasteiger charge is -2.30. The standard InChI is InChI=1S/C20H33N3O2S/c1-4-21-20(23-16-7-6-8-18(13-16)26-5-2)22-14-19(24)15-9-11-17(25-3)12-10-15/h9-12,16,18-19,24H,4-8,13-14H2,1-3H3,(H2,21,22,23). The SMILES string of the molecule is CCNC(=NCC(O)c1ccc(OC)cc1)NC1CCCC(SCC)C1. The number of benzene rings is 1. The smallest absolute Gasteiger partial charge is 0.191 e. The lowest BCUT2D eigenvalue weighted by Crippen LogP contribution is -2.46. The molecule has 0 amide bonds. The zero-order chi connectivity index (χ0) is 18.8. The average molecular weight is 380 g/mol. The van der Waals surface area contributed by atoms with Crippen LogP contribution in [0.15, 0.2) is 29.3 Å². The summed E-state index contributed by atoms with van der Waals surface area (Å²) in [5.74, 6) is 2.77. The second-order valence-corrected chi connectivity index (χ2v) is 8.17. The van der Waals surface area contributed by atoms with Crippen LogP contribution in [0.2, 0.25) is 0 Å². The number of nitrogens with one attached hydrogen (secondary N) is 2. The van der Waals surface area contributed by atoms with Gasteiger partial charge in [-0.2, -0.15) is 11.8 Å². The van der Waals surface area contributed by atoms with Gasteiger partial charge in [-0.15, -0.1) is 0 Å². The molecule has 0 saturated heterocycles. The third-order valence-electron chi connectivity index (χ3n) is 4.64. The highest BCUT2D eigenvalue weighted by atomic mass is 32.2. The Morgan fingerprint density at radius 2 is 2.08 bits per heavy atom. The maximum absolute atomic E-state index is 10.4. The molecule has 0 radical (unpaired) electrons. The van der Waals surface area contributed by atoms with E-state index >= 15 is 0 Å². The quantitative estimate of drug-likeness (QED) is 0.477. The zero-order valence-corrected chi connectivity index (χ0v) is 17.0. The largest absolute Gasteiger partial charge is 0.497 e. The summed E-state index contributed by atoms with van der Waals surface area (Å²) < 4.78 is 5.16. The Bertz CT molecular complexity index is 548. The molecule has 1 saturated carbocycles. The van der Waals surface area contributed by atoms with Crippen molar-refractivity contribution < 1.29 is 9.84 Å². The van der Waals surface area contributed by atoms with Crippen molar-refractivity contribution in [2.45, 2.75) is 56.9 Å². The van der Waals surface area contributed by atoms with E-state index in [0.29, 0.717) is 12.6 Å². The highest BCUT2D eigenvalue weighted by Crippen LogP contribution is 2.28. The number of aliphatic hydroxyl groups excluding tert-OH is 1. The van der Waals surface area contributed by atoms with Crippen LogP contribution in [0.3, 0.4) is 0 Å². The van der Waals surface area contributed by atoms with Crippen LogP contribution < -0.4 is 15.4 Å². The Labute approximate surface area is 162 Å². The third kappa shape index (κ3) is 6.72. The number of aliphatic imine (C=N–C) groups is 1. The van der Waals surface area contributed by atoms with Crippen molar-refractivity contribution in [1.82, 2.24) is 10.6 Å². The van der Waals surface area contributed by atoms with Gasteiger partial charge in [0.1, 0.15) is 5.75 Å². The highest BCUT2D eigenvalue weighted by Gasteiger charge is 2.22. The van der Waals surface area contributed by atoms with Gasteiger partial charge in [-0.25, -0.2) is 0 Å². The van der Waals surface area contributed by atoms with Gasteiger partial charge in [-0.1, -0.05) is 25.5 Å². The summed E-state index contributed by atoms with van der Waals surface area (Å²) in [4.78, 5) is 4.60. The fourth-order valence-corrected chi connectivity index (χ4v) is 4.46. The first kappa shape index (κ1) is 20.9. The Balaban J connectivity index is 1.92. The molecule has 26 heavy (non-hydrogen) atoms. The molecular formula is C20H33N3O2S. The number of nitrogens with zero attached hydrogens (tertiary/aromatic N) is 1. The first-order valence-corrected chi connectivity index (χ1v) is 10.7. The fraction of sp³-hybridized carbons (Fsp3) is 0.650. The van der Waals surface area contributed by atoms with Crippen LogP contribution in [0.25, 0.3) is 0 Å². The van der Waals surface area contributed by atoms with E-state index in [9.17, 15) is 5.11 Å². The summed E-state index contributed by atoms with van der Waals surface area (Å²) >= 11 is 2.06. The van der Waals surface area contributed by atoms with Crippen LogP contribution in [-0.2, 0) is 0 Å². The predicted molar refractivity (Wildman–Crippen MR) is 111 cm³/mol. The molecule has 1 aromatic rings. The maximum atomic E-state index is 10.4. The summed E-state index contributed by atoms with van der Waals surface area (Å²) in [6, 6.07) is 7.95. The number of ether oxygens (including phenoxy) is 1. The molecule has 0 aromatic heterocycles. The number of rotatable bonds is 8. The van der Waals surface area contributed by atoms with Crippen molar-refractivity contribution in [3.63, 3.8) is 0 Å². The number of guanidine groups is 1. The van der Waals surface area contributed by atoms with E-state index in [-0.39, 0.29) is 0 Å². The Kier molecular flexibility index (Phi) is 9.12. The van der Waals surface area contributed by atoms with Crippen LogP contribution in [0.4, 0.5) is 0 Å². The third-order valence-corrected chi connectivity index (χ3v) is 5.87. The number of aliphatic hydroxyl groups is 1. The molecular weight excluding hydrogens is 346 g/mol. The molecule has 0 spiro atoms. The normalized spacial score (nSPS) is 21.9. The number of thioether (sulfide) groups is 1. The molecule has 0 heterocycles. The van der Waals surface area contributed by atoms with E-state index in [2.05, 4.69) is 41.2 Å². The molecule has 3 atom stereocenters. The number of methoxy groups -OCH3 is 1. The topological polar surface area (TPSA) is 65.9 Å². The van der Waals surface area contributed by atoms with Crippen molar-refractivity contribution in [3.05, 3.63) is 29.8 Å². The predicted octanol–water partition coefficient (Wildman–Crippen LogP) is 3.35. The molecule has 1 aromatic carbocycles. The lowest BCUT2D eigenvalue weighted by atomic mass is 9.95. The summed E-state index contributed by atoms with van der Waals surface area (Å²) in [5.41, 5.74) is 0.850. The summed E-state index contributed by atoms with van der Waals surface area (Å²) in [7, 11) is 1.64. The van der Waals surface area contributed by atoms with Gasteiger partial charge in [-0.3, -0.25) is 4.99 Å². The minimum atomic E-state index is -0.619. The molecule has 0 aliphatic heterocycles. The second-order valence-electron chi connectivity index (χ2n) is 6.59. The van der Waals surface area contributed by atoms with Gasteiger partial charge in [0.05, 0.1) is 19.8 Å². The monoisotopic (exact) mass is 379 g/mol. The molecule has 1 fully saturated rings. The average Bonchev–Trinajstić information content (AvgIpc) is 2.67. The molecule has 1 aliphatic rings. The molecule has 5 nitrogen and oxygen atoms in total. The molecule has 1 aliphatic carbocycles. The second kappa shape index (κ2) is 11.3. The van der Waals surface area contributed by atoms with Crippen LogP contribution in [-0.4, -0.2) is 48.3 Å². The molecule has 3 unspecified atom stereocenters. The molecule has 6 heteroatoms. The van der Waals surface area contributed by atoms with Crippen LogP contribution in [0.1, 0.15) is 51.2 Å².